The minimum absolute atomic E-state index is 0.417. The third kappa shape index (κ3) is 5.08. The van der Waals surface area contributed by atoms with Gasteiger partial charge in [-0.25, -0.2) is 9.78 Å². The number of hydrogen-bond acceptors (Lipinski definition) is 4. The lowest BCUT2D eigenvalue weighted by Crippen LogP contribution is -2.47. The number of carbonyl (C=O) groups is 1. The largest absolute Gasteiger partial charge is 0.444 e. The second-order valence-electron chi connectivity index (χ2n) is 7.93. The van der Waals surface area contributed by atoms with Gasteiger partial charge in [0.15, 0.2) is 0 Å². The minimum Gasteiger partial charge on any atom is -0.444 e. The first kappa shape index (κ1) is 19.0. The van der Waals surface area contributed by atoms with Gasteiger partial charge in [0, 0.05) is 37.1 Å². The molecule has 2 aromatic rings. The summed E-state index contributed by atoms with van der Waals surface area (Å²) in [6.07, 6.45) is 6.63. The quantitative estimate of drug-likeness (QED) is 0.902. The molecule has 0 radical (unpaired) electrons. The Morgan fingerprint density at radius 1 is 1.28 bits per heavy atom. The Hall–Kier alpha value is -2.31. The first-order valence-electron chi connectivity index (χ1n) is 8.56. The molecule has 1 amide bonds. The molecule has 0 spiro atoms. The van der Waals surface area contributed by atoms with Crippen molar-refractivity contribution in [2.45, 2.75) is 65.5 Å². The molecule has 25 heavy (non-hydrogen) atoms. The molecule has 2 rings (SSSR count). The number of aromatic nitrogens is 4. The van der Waals surface area contributed by atoms with Crippen molar-refractivity contribution in [2.75, 3.05) is 0 Å². The summed E-state index contributed by atoms with van der Waals surface area (Å²) >= 11 is 0. The molecule has 0 aromatic carbocycles. The van der Waals surface area contributed by atoms with Crippen LogP contribution in [-0.2, 0) is 24.6 Å². The zero-order valence-corrected chi connectivity index (χ0v) is 16.3. The van der Waals surface area contributed by atoms with Gasteiger partial charge in [-0.1, -0.05) is 6.92 Å². The van der Waals surface area contributed by atoms with Gasteiger partial charge in [-0.15, -0.1) is 0 Å². The van der Waals surface area contributed by atoms with Crippen molar-refractivity contribution in [1.29, 1.82) is 0 Å². The van der Waals surface area contributed by atoms with E-state index in [0.717, 1.165) is 23.5 Å². The lowest BCUT2D eigenvalue weighted by Gasteiger charge is -2.28. The minimum atomic E-state index is -0.520. The summed E-state index contributed by atoms with van der Waals surface area (Å²) in [7, 11) is 1.91. The summed E-state index contributed by atoms with van der Waals surface area (Å²) in [6, 6.07) is 0. The molecular weight excluding hydrogens is 318 g/mol. The lowest BCUT2D eigenvalue weighted by atomic mass is 9.99. The zero-order chi connectivity index (χ0) is 18.8. The predicted molar refractivity (Wildman–Crippen MR) is 96.9 cm³/mol. The number of amides is 1. The highest BCUT2D eigenvalue weighted by atomic mass is 16.6. The molecule has 1 N–H and O–H groups in total. The number of hydrogen-bond donors (Lipinski definition) is 1. The van der Waals surface area contributed by atoms with Gasteiger partial charge in [0.05, 0.1) is 17.7 Å². The number of rotatable bonds is 5. The third-order valence-electron chi connectivity index (χ3n) is 3.66. The maximum atomic E-state index is 12.1. The maximum absolute atomic E-state index is 12.1. The van der Waals surface area contributed by atoms with Crippen LogP contribution in [0.2, 0.25) is 0 Å². The number of carbonyl (C=O) groups excluding carboxylic acids is 1. The Bertz CT molecular complexity index is 737. The van der Waals surface area contributed by atoms with Gasteiger partial charge in [0.25, 0.3) is 0 Å². The van der Waals surface area contributed by atoms with Crippen molar-refractivity contribution in [1.82, 2.24) is 24.6 Å². The van der Waals surface area contributed by atoms with E-state index in [1.54, 1.807) is 6.33 Å². The van der Waals surface area contributed by atoms with E-state index in [9.17, 15) is 4.79 Å². The molecule has 0 saturated heterocycles. The monoisotopic (exact) mass is 347 g/mol. The van der Waals surface area contributed by atoms with Crippen molar-refractivity contribution in [3.8, 4) is 5.69 Å². The lowest BCUT2D eigenvalue weighted by molar-refractivity contribution is 0.0472. The molecule has 2 aromatic heterocycles. The molecule has 0 fully saturated rings. The Kier molecular flexibility index (Phi) is 5.25. The molecule has 0 aliphatic rings. The normalized spacial score (nSPS) is 12.3. The van der Waals surface area contributed by atoms with E-state index in [-0.39, 0.29) is 0 Å². The Morgan fingerprint density at radius 3 is 2.56 bits per heavy atom. The molecule has 2 heterocycles. The number of aryl methyl sites for hydroxylation is 2. The smallest absolute Gasteiger partial charge is 0.408 e. The molecule has 7 heteroatoms. The number of ether oxygens (including phenoxy) is 1. The Labute approximate surface area is 149 Å². The number of imidazole rings is 1. The van der Waals surface area contributed by atoms with Gasteiger partial charge in [0.1, 0.15) is 5.60 Å². The topological polar surface area (TPSA) is 74.0 Å². The summed E-state index contributed by atoms with van der Waals surface area (Å²) in [5.41, 5.74) is 2.04. The highest BCUT2D eigenvalue weighted by Crippen LogP contribution is 2.20. The Morgan fingerprint density at radius 2 is 1.96 bits per heavy atom. The van der Waals surface area contributed by atoms with Crippen LogP contribution in [0.15, 0.2) is 18.7 Å². The average molecular weight is 347 g/mol. The predicted octanol–water partition coefficient (Wildman–Crippen LogP) is 3.01. The Balaban J connectivity index is 2.18. The van der Waals surface area contributed by atoms with E-state index < -0.39 is 17.2 Å². The van der Waals surface area contributed by atoms with Gasteiger partial charge in [-0.3, -0.25) is 9.25 Å². The highest BCUT2D eigenvalue weighted by Gasteiger charge is 2.26. The second kappa shape index (κ2) is 6.90. The van der Waals surface area contributed by atoms with Gasteiger partial charge in [0.2, 0.25) is 0 Å². The highest BCUT2D eigenvalue weighted by molar-refractivity contribution is 5.68. The molecular formula is C18H29N5O2. The van der Waals surface area contributed by atoms with Crippen LogP contribution in [0.1, 0.15) is 52.9 Å². The van der Waals surface area contributed by atoms with Gasteiger partial charge in [-0.05, 0) is 41.0 Å². The summed E-state index contributed by atoms with van der Waals surface area (Å²) in [4.78, 5) is 16.4. The molecule has 0 unspecified atom stereocenters. The van der Waals surface area contributed by atoms with Crippen molar-refractivity contribution in [2.24, 2.45) is 7.05 Å². The van der Waals surface area contributed by atoms with Crippen LogP contribution in [0.5, 0.6) is 0 Å². The summed E-state index contributed by atoms with van der Waals surface area (Å²) in [6.45, 7) is 11.6. The van der Waals surface area contributed by atoms with Crippen LogP contribution in [0.4, 0.5) is 4.79 Å². The number of nitrogens with zero attached hydrogens (tertiary/aromatic N) is 4. The fourth-order valence-electron chi connectivity index (χ4n) is 2.72. The summed E-state index contributed by atoms with van der Waals surface area (Å²) in [5.74, 6) is 0. The fraction of sp³-hybridized carbons (Fsp3) is 0.611. The van der Waals surface area contributed by atoms with Crippen LogP contribution in [-0.4, -0.2) is 36.6 Å². The van der Waals surface area contributed by atoms with E-state index in [4.69, 9.17) is 4.74 Å². The maximum Gasteiger partial charge on any atom is 0.408 e. The number of nitrogens with one attached hydrogen (secondary N) is 1. The molecule has 138 valence electrons. The van der Waals surface area contributed by atoms with Crippen molar-refractivity contribution in [3.05, 3.63) is 30.1 Å². The van der Waals surface area contributed by atoms with Crippen molar-refractivity contribution in [3.63, 3.8) is 0 Å². The van der Waals surface area contributed by atoms with E-state index in [1.807, 2.05) is 63.3 Å². The van der Waals surface area contributed by atoms with Crippen LogP contribution >= 0.6 is 0 Å². The molecule has 0 saturated carbocycles. The van der Waals surface area contributed by atoms with Crippen molar-refractivity contribution < 1.29 is 9.53 Å². The fourth-order valence-corrected chi connectivity index (χ4v) is 2.72. The van der Waals surface area contributed by atoms with E-state index in [1.165, 1.54) is 0 Å². The molecule has 7 nitrogen and oxygen atoms in total. The van der Waals surface area contributed by atoms with Gasteiger partial charge in [-0.2, -0.15) is 5.10 Å². The van der Waals surface area contributed by atoms with Crippen molar-refractivity contribution >= 4 is 6.09 Å². The molecule has 0 aliphatic carbocycles. The molecule has 0 aliphatic heterocycles. The van der Waals surface area contributed by atoms with Gasteiger partial charge < -0.3 is 10.1 Å². The van der Waals surface area contributed by atoms with E-state index in [0.29, 0.717) is 6.42 Å². The standard InChI is InChI=1S/C18H29N5O2/c1-8-14-15(11-22(7)21-14)23-12-19-10-13(23)9-18(5,6)20-16(24)25-17(2,3)4/h10-12H,8-9H2,1-7H3,(H,20,24). The van der Waals surface area contributed by atoms with E-state index in [2.05, 4.69) is 22.3 Å². The average Bonchev–Trinajstić information content (AvgIpc) is 3.00. The molecule has 0 atom stereocenters. The summed E-state index contributed by atoms with van der Waals surface area (Å²) in [5, 5.41) is 7.43. The van der Waals surface area contributed by atoms with Crippen LogP contribution < -0.4 is 5.32 Å². The summed E-state index contributed by atoms with van der Waals surface area (Å²) < 4.78 is 9.20. The SMILES string of the molecule is CCc1nn(C)cc1-n1cncc1CC(C)(C)NC(=O)OC(C)(C)C. The first-order valence-corrected chi connectivity index (χ1v) is 8.56. The third-order valence-corrected chi connectivity index (χ3v) is 3.66. The number of alkyl carbamates (subject to hydrolysis) is 1. The van der Waals surface area contributed by atoms with Crippen LogP contribution in [0.3, 0.4) is 0 Å². The molecule has 0 bridgehead atoms. The second-order valence-corrected chi connectivity index (χ2v) is 7.93. The van der Waals surface area contributed by atoms with Gasteiger partial charge >= 0.3 is 6.09 Å². The van der Waals surface area contributed by atoms with Crippen LogP contribution in [0, 0.1) is 0 Å². The zero-order valence-electron chi connectivity index (χ0n) is 16.3. The van der Waals surface area contributed by atoms with E-state index >= 15 is 0 Å². The first-order chi connectivity index (χ1) is 11.5. The van der Waals surface area contributed by atoms with Crippen LogP contribution in [0.25, 0.3) is 5.69 Å².